The Bertz CT molecular complexity index is 570. The first-order chi connectivity index (χ1) is 8.70. The van der Waals surface area contributed by atoms with Gasteiger partial charge >= 0.3 is 0 Å². The Labute approximate surface area is 118 Å². The van der Waals surface area contributed by atoms with Gasteiger partial charge in [-0.15, -0.1) is 11.3 Å². The van der Waals surface area contributed by atoms with Crippen molar-refractivity contribution in [2.45, 2.75) is 46.1 Å². The maximum Gasteiger partial charge on any atom is 0.115 e. The van der Waals surface area contributed by atoms with Crippen molar-refractivity contribution in [1.82, 2.24) is 14.8 Å². The average Bonchev–Trinajstić information content (AvgIpc) is 2.82. The minimum absolute atomic E-state index is 0.0183. The molecule has 0 bridgehead atoms. The topological polar surface area (TPSA) is 56.7 Å². The van der Waals surface area contributed by atoms with Gasteiger partial charge in [0.15, 0.2) is 0 Å². The second-order valence-corrected chi connectivity index (χ2v) is 7.26. The summed E-state index contributed by atoms with van der Waals surface area (Å²) in [6, 6.07) is -0.194. The SMILES string of the molecule is Cc1nc(C(N)c2cn(C)nc2C(C)(C)C)sc1C. The zero-order chi connectivity index (χ0) is 14.4. The maximum atomic E-state index is 6.40. The van der Waals surface area contributed by atoms with E-state index in [1.807, 2.05) is 24.9 Å². The fraction of sp³-hybridized carbons (Fsp3) is 0.571. The third-order valence-corrected chi connectivity index (χ3v) is 4.37. The van der Waals surface area contributed by atoms with Crippen LogP contribution in [0.5, 0.6) is 0 Å². The van der Waals surface area contributed by atoms with Crippen LogP contribution in [0.4, 0.5) is 0 Å². The molecular weight excluding hydrogens is 256 g/mol. The summed E-state index contributed by atoms with van der Waals surface area (Å²) in [6.45, 7) is 10.6. The van der Waals surface area contributed by atoms with E-state index in [-0.39, 0.29) is 11.5 Å². The fourth-order valence-electron chi connectivity index (χ4n) is 2.08. The Morgan fingerprint density at radius 2 is 1.95 bits per heavy atom. The monoisotopic (exact) mass is 278 g/mol. The molecule has 5 heteroatoms. The van der Waals surface area contributed by atoms with Crippen LogP contribution >= 0.6 is 11.3 Å². The molecule has 0 aliphatic heterocycles. The third kappa shape index (κ3) is 2.72. The van der Waals surface area contributed by atoms with Crippen LogP contribution in [0.3, 0.4) is 0 Å². The summed E-state index contributed by atoms with van der Waals surface area (Å²) in [5.74, 6) is 0. The standard InChI is InChI=1S/C14H22N4S/c1-8-9(2)19-13(16-8)11(15)10-7-18(6)17-12(10)14(3,4)5/h7,11H,15H2,1-6H3. The molecule has 2 N–H and O–H groups in total. The van der Waals surface area contributed by atoms with Crippen LogP contribution in [0.2, 0.25) is 0 Å². The Kier molecular flexibility index (Phi) is 3.53. The highest BCUT2D eigenvalue weighted by Crippen LogP contribution is 2.32. The molecule has 0 aliphatic rings. The minimum atomic E-state index is -0.194. The van der Waals surface area contributed by atoms with Gasteiger partial charge in [0.1, 0.15) is 5.01 Å². The molecule has 0 fully saturated rings. The molecule has 0 saturated carbocycles. The highest BCUT2D eigenvalue weighted by atomic mass is 32.1. The van der Waals surface area contributed by atoms with Crippen molar-refractivity contribution in [2.24, 2.45) is 12.8 Å². The number of nitrogens with two attached hydrogens (primary N) is 1. The molecule has 1 unspecified atom stereocenters. The van der Waals surface area contributed by atoms with Crippen molar-refractivity contribution in [3.63, 3.8) is 0 Å². The lowest BCUT2D eigenvalue weighted by molar-refractivity contribution is 0.545. The van der Waals surface area contributed by atoms with Crippen molar-refractivity contribution >= 4 is 11.3 Å². The van der Waals surface area contributed by atoms with Crippen molar-refractivity contribution < 1.29 is 0 Å². The van der Waals surface area contributed by atoms with Gasteiger partial charge in [0, 0.05) is 29.1 Å². The van der Waals surface area contributed by atoms with Gasteiger partial charge in [0.05, 0.1) is 17.4 Å². The molecule has 0 aliphatic carbocycles. The van der Waals surface area contributed by atoms with E-state index in [1.54, 1.807) is 11.3 Å². The molecule has 0 aromatic carbocycles. The summed E-state index contributed by atoms with van der Waals surface area (Å²) < 4.78 is 1.84. The Morgan fingerprint density at radius 1 is 1.32 bits per heavy atom. The highest BCUT2D eigenvalue weighted by molar-refractivity contribution is 7.11. The van der Waals surface area contributed by atoms with Gasteiger partial charge in [-0.3, -0.25) is 4.68 Å². The highest BCUT2D eigenvalue weighted by Gasteiger charge is 2.27. The molecule has 2 aromatic rings. The van der Waals surface area contributed by atoms with Crippen LogP contribution < -0.4 is 5.73 Å². The molecule has 19 heavy (non-hydrogen) atoms. The van der Waals surface area contributed by atoms with Crippen LogP contribution in [0, 0.1) is 13.8 Å². The van der Waals surface area contributed by atoms with Crippen LogP contribution in [-0.4, -0.2) is 14.8 Å². The maximum absolute atomic E-state index is 6.40. The van der Waals surface area contributed by atoms with Crippen molar-refractivity contribution in [2.75, 3.05) is 0 Å². The number of thiazole rings is 1. The molecule has 0 radical (unpaired) electrons. The first kappa shape index (κ1) is 14.2. The molecule has 2 rings (SSSR count). The summed E-state index contributed by atoms with van der Waals surface area (Å²) >= 11 is 1.67. The van der Waals surface area contributed by atoms with E-state index < -0.39 is 0 Å². The summed E-state index contributed by atoms with van der Waals surface area (Å²) in [5, 5.41) is 5.54. The van der Waals surface area contributed by atoms with E-state index in [2.05, 4.69) is 37.8 Å². The fourth-order valence-corrected chi connectivity index (χ4v) is 3.02. The zero-order valence-corrected chi connectivity index (χ0v) is 13.3. The molecule has 0 amide bonds. The summed E-state index contributed by atoms with van der Waals surface area (Å²) in [5.41, 5.74) is 9.57. The van der Waals surface area contributed by atoms with Crippen molar-refractivity contribution in [3.8, 4) is 0 Å². The lowest BCUT2D eigenvalue weighted by Gasteiger charge is -2.19. The van der Waals surface area contributed by atoms with Gasteiger partial charge in [-0.25, -0.2) is 4.98 Å². The Morgan fingerprint density at radius 3 is 2.42 bits per heavy atom. The molecule has 2 aromatic heterocycles. The number of hydrogen-bond donors (Lipinski definition) is 1. The van der Waals surface area contributed by atoms with Crippen LogP contribution in [0.1, 0.15) is 53.6 Å². The van der Waals surface area contributed by atoms with Gasteiger partial charge in [-0.1, -0.05) is 20.8 Å². The van der Waals surface area contributed by atoms with Gasteiger partial charge in [0.2, 0.25) is 0 Å². The second kappa shape index (κ2) is 4.72. The summed E-state index contributed by atoms with van der Waals surface area (Å²) in [4.78, 5) is 5.80. The van der Waals surface area contributed by atoms with Crippen LogP contribution in [0.25, 0.3) is 0 Å². The number of rotatable bonds is 2. The molecule has 2 heterocycles. The van der Waals surface area contributed by atoms with E-state index in [1.165, 1.54) is 4.88 Å². The number of aromatic nitrogens is 3. The number of nitrogens with zero attached hydrogens (tertiary/aromatic N) is 3. The minimum Gasteiger partial charge on any atom is -0.318 e. The Hall–Kier alpha value is -1.20. The average molecular weight is 278 g/mol. The second-order valence-electron chi connectivity index (χ2n) is 6.03. The quantitative estimate of drug-likeness (QED) is 0.919. The first-order valence-corrected chi connectivity index (χ1v) is 7.25. The van der Waals surface area contributed by atoms with Gasteiger partial charge in [0.25, 0.3) is 0 Å². The largest absolute Gasteiger partial charge is 0.318 e. The zero-order valence-electron chi connectivity index (χ0n) is 12.5. The molecule has 104 valence electrons. The van der Waals surface area contributed by atoms with Crippen molar-refractivity contribution in [3.05, 3.63) is 33.0 Å². The summed E-state index contributed by atoms with van der Waals surface area (Å²) in [7, 11) is 1.93. The smallest absolute Gasteiger partial charge is 0.115 e. The Balaban J connectivity index is 2.47. The van der Waals surface area contributed by atoms with E-state index >= 15 is 0 Å². The van der Waals surface area contributed by atoms with E-state index in [9.17, 15) is 0 Å². The normalized spacial score (nSPS) is 13.8. The molecular formula is C14H22N4S. The summed E-state index contributed by atoms with van der Waals surface area (Å²) in [6.07, 6.45) is 2.01. The molecule has 4 nitrogen and oxygen atoms in total. The molecule has 0 saturated heterocycles. The predicted molar refractivity (Wildman–Crippen MR) is 79.5 cm³/mol. The van der Waals surface area contributed by atoms with Crippen LogP contribution in [-0.2, 0) is 12.5 Å². The molecule has 0 spiro atoms. The lowest BCUT2D eigenvalue weighted by atomic mass is 9.88. The van der Waals surface area contributed by atoms with E-state index in [0.29, 0.717) is 0 Å². The van der Waals surface area contributed by atoms with Gasteiger partial charge in [-0.05, 0) is 13.8 Å². The van der Waals surface area contributed by atoms with Crippen molar-refractivity contribution in [1.29, 1.82) is 0 Å². The predicted octanol–water partition coefficient (Wildman–Crippen LogP) is 2.84. The lowest BCUT2D eigenvalue weighted by Crippen LogP contribution is -2.20. The van der Waals surface area contributed by atoms with E-state index in [4.69, 9.17) is 5.73 Å². The number of aryl methyl sites for hydroxylation is 3. The molecule has 1 atom stereocenters. The third-order valence-electron chi connectivity index (χ3n) is 3.21. The first-order valence-electron chi connectivity index (χ1n) is 6.43. The van der Waals surface area contributed by atoms with Gasteiger partial charge in [-0.2, -0.15) is 5.10 Å². The van der Waals surface area contributed by atoms with Crippen LogP contribution in [0.15, 0.2) is 6.20 Å². The van der Waals surface area contributed by atoms with E-state index in [0.717, 1.165) is 22.0 Å². The number of hydrogen-bond acceptors (Lipinski definition) is 4. The van der Waals surface area contributed by atoms with Gasteiger partial charge < -0.3 is 5.73 Å².